The summed E-state index contributed by atoms with van der Waals surface area (Å²) in [6.45, 7) is 3.03. The Hall–Kier alpha value is -2.97. The van der Waals surface area contributed by atoms with Gasteiger partial charge in [-0.25, -0.2) is 4.39 Å². The van der Waals surface area contributed by atoms with E-state index in [0.717, 1.165) is 42.5 Å². The Balaban J connectivity index is 1.21. The van der Waals surface area contributed by atoms with E-state index in [2.05, 4.69) is 10.6 Å². The number of fused-ring (bicyclic) bond motifs is 1. The number of benzene rings is 2. The number of rotatable bonds is 13. The zero-order valence-corrected chi connectivity index (χ0v) is 22.1. The third-order valence-electron chi connectivity index (χ3n) is 7.60. The van der Waals surface area contributed by atoms with Crippen LogP contribution in [0, 0.1) is 5.82 Å². The minimum absolute atomic E-state index is 0.0613. The van der Waals surface area contributed by atoms with Gasteiger partial charge in [0.2, 0.25) is 11.8 Å². The Morgan fingerprint density at radius 2 is 1.82 bits per heavy atom. The summed E-state index contributed by atoms with van der Waals surface area (Å²) in [4.78, 5) is 26.9. The molecule has 1 fully saturated rings. The number of aromatic hydroxyl groups is 1. The van der Waals surface area contributed by atoms with Gasteiger partial charge in [0.05, 0.1) is 25.3 Å². The average molecular weight is 526 g/mol. The molecule has 1 heterocycles. The number of nitrogens with one attached hydrogen (secondary N) is 2. The lowest BCUT2D eigenvalue weighted by molar-refractivity contribution is -0.135. The number of hydrogen-bond donors (Lipinski definition) is 3. The molecule has 1 aliphatic carbocycles. The summed E-state index contributed by atoms with van der Waals surface area (Å²) >= 11 is 0. The summed E-state index contributed by atoms with van der Waals surface area (Å²) in [7, 11) is 0. The van der Waals surface area contributed by atoms with Crippen LogP contribution in [-0.2, 0) is 33.6 Å². The van der Waals surface area contributed by atoms with E-state index in [1.54, 1.807) is 18.2 Å². The second kappa shape index (κ2) is 14.3. The molecule has 8 heteroatoms. The van der Waals surface area contributed by atoms with E-state index >= 15 is 0 Å². The summed E-state index contributed by atoms with van der Waals surface area (Å²) in [5.74, 6) is -0.0460. The van der Waals surface area contributed by atoms with Crippen molar-refractivity contribution in [3.63, 3.8) is 0 Å². The van der Waals surface area contributed by atoms with Crippen LogP contribution in [0.1, 0.15) is 61.6 Å². The number of ether oxygens (including phenoxy) is 1. The molecule has 206 valence electrons. The predicted octanol–water partition coefficient (Wildman–Crippen LogP) is 4.36. The molecule has 0 aromatic heterocycles. The molecular weight excluding hydrogens is 485 g/mol. The number of hydrogen-bond acceptors (Lipinski definition) is 5. The average Bonchev–Trinajstić information content (AvgIpc) is 2.93. The van der Waals surface area contributed by atoms with Crippen molar-refractivity contribution in [3.8, 4) is 5.75 Å². The predicted molar refractivity (Wildman–Crippen MR) is 146 cm³/mol. The van der Waals surface area contributed by atoms with E-state index in [4.69, 9.17) is 4.74 Å². The van der Waals surface area contributed by atoms with Gasteiger partial charge >= 0.3 is 0 Å². The lowest BCUT2D eigenvalue weighted by atomic mass is 9.94. The molecule has 1 aliphatic heterocycles. The number of phenolic OH excluding ortho intramolecular Hbond substituents is 1. The Kier molecular flexibility index (Phi) is 10.5. The van der Waals surface area contributed by atoms with Crippen LogP contribution < -0.4 is 10.6 Å². The number of halogens is 1. The van der Waals surface area contributed by atoms with E-state index in [1.807, 2.05) is 11.0 Å². The van der Waals surface area contributed by atoms with Crippen molar-refractivity contribution >= 4 is 17.5 Å². The normalized spacial score (nSPS) is 15.7. The third kappa shape index (κ3) is 8.01. The minimum Gasteiger partial charge on any atom is -0.506 e. The van der Waals surface area contributed by atoms with Crippen LogP contribution >= 0.6 is 0 Å². The Labute approximate surface area is 224 Å². The smallest absolute Gasteiger partial charge is 0.225 e. The Bertz CT molecular complexity index is 1070. The number of phenols is 1. The van der Waals surface area contributed by atoms with Gasteiger partial charge in [0.1, 0.15) is 11.6 Å². The number of amides is 2. The van der Waals surface area contributed by atoms with Gasteiger partial charge in [0, 0.05) is 25.6 Å². The molecule has 0 radical (unpaired) electrons. The molecule has 2 aromatic rings. The van der Waals surface area contributed by atoms with Crippen molar-refractivity contribution in [2.45, 2.75) is 70.3 Å². The molecule has 0 saturated heterocycles. The first-order valence-electron chi connectivity index (χ1n) is 14.0. The molecule has 1 saturated carbocycles. The standard InChI is InChI=1S/C30H40FN3O4/c31-24-9-6-22(7-10-24)15-20-38-21-16-29(37)34(25-4-2-1-3-5-25)19-18-32-17-14-23-8-12-27(35)30-26(23)11-13-28(36)33-30/h6-10,12,25,32,35H,1-5,11,13-21H2,(H,33,36). The maximum Gasteiger partial charge on any atom is 0.225 e. The van der Waals surface area contributed by atoms with Crippen LogP contribution in [0.15, 0.2) is 36.4 Å². The SMILES string of the molecule is O=C1CCc2c(CCNCCN(C(=O)CCOCCc3ccc(F)cc3)C3CCCCC3)ccc(O)c2N1. The molecule has 3 N–H and O–H groups in total. The topological polar surface area (TPSA) is 90.9 Å². The first kappa shape index (κ1) is 28.0. The molecule has 2 aromatic carbocycles. The molecule has 0 bridgehead atoms. The fraction of sp³-hybridized carbons (Fsp3) is 0.533. The van der Waals surface area contributed by atoms with Crippen LogP contribution in [-0.4, -0.2) is 60.7 Å². The van der Waals surface area contributed by atoms with Gasteiger partial charge in [-0.1, -0.05) is 37.5 Å². The van der Waals surface area contributed by atoms with E-state index in [9.17, 15) is 19.1 Å². The Morgan fingerprint density at radius 3 is 2.61 bits per heavy atom. The molecule has 4 rings (SSSR count). The fourth-order valence-electron chi connectivity index (χ4n) is 5.48. The fourth-order valence-corrected chi connectivity index (χ4v) is 5.48. The van der Waals surface area contributed by atoms with Crippen LogP contribution in [0.4, 0.5) is 10.1 Å². The van der Waals surface area contributed by atoms with Crippen molar-refractivity contribution in [1.82, 2.24) is 10.2 Å². The molecule has 2 aliphatic rings. The lowest BCUT2D eigenvalue weighted by Gasteiger charge is -2.34. The summed E-state index contributed by atoms with van der Waals surface area (Å²) in [6, 6.07) is 10.3. The van der Waals surface area contributed by atoms with Crippen LogP contribution in [0.25, 0.3) is 0 Å². The van der Waals surface area contributed by atoms with Gasteiger partial charge in [-0.2, -0.15) is 0 Å². The van der Waals surface area contributed by atoms with Crippen molar-refractivity contribution in [3.05, 3.63) is 58.9 Å². The second-order valence-electron chi connectivity index (χ2n) is 10.3. The summed E-state index contributed by atoms with van der Waals surface area (Å²) in [5.41, 5.74) is 3.71. The van der Waals surface area contributed by atoms with Gasteiger partial charge in [0.25, 0.3) is 0 Å². The van der Waals surface area contributed by atoms with Crippen LogP contribution in [0.5, 0.6) is 5.75 Å². The molecule has 0 unspecified atom stereocenters. The lowest BCUT2D eigenvalue weighted by Crippen LogP contribution is -2.45. The van der Waals surface area contributed by atoms with Crippen molar-refractivity contribution in [2.75, 3.05) is 38.2 Å². The van der Waals surface area contributed by atoms with Crippen LogP contribution in [0.2, 0.25) is 0 Å². The monoisotopic (exact) mass is 525 g/mol. The highest BCUT2D eigenvalue weighted by Crippen LogP contribution is 2.34. The van der Waals surface area contributed by atoms with Gasteiger partial charge in [0.15, 0.2) is 0 Å². The van der Waals surface area contributed by atoms with Gasteiger partial charge in [-0.3, -0.25) is 9.59 Å². The van der Waals surface area contributed by atoms with E-state index in [1.165, 1.54) is 31.4 Å². The van der Waals surface area contributed by atoms with Gasteiger partial charge in [-0.05, 0) is 73.5 Å². The maximum absolute atomic E-state index is 13.1. The Morgan fingerprint density at radius 1 is 1.03 bits per heavy atom. The highest BCUT2D eigenvalue weighted by molar-refractivity contribution is 5.96. The number of nitrogens with zero attached hydrogens (tertiary/aromatic N) is 1. The minimum atomic E-state index is -0.244. The van der Waals surface area contributed by atoms with Crippen LogP contribution in [0.3, 0.4) is 0 Å². The highest BCUT2D eigenvalue weighted by atomic mass is 19.1. The maximum atomic E-state index is 13.1. The zero-order chi connectivity index (χ0) is 26.7. The molecular formula is C30H40FN3O4. The number of anilines is 1. The van der Waals surface area contributed by atoms with E-state index in [-0.39, 0.29) is 23.4 Å². The summed E-state index contributed by atoms with van der Waals surface area (Å²) < 4.78 is 18.8. The van der Waals surface area contributed by atoms with Gasteiger partial charge in [-0.15, -0.1) is 0 Å². The van der Waals surface area contributed by atoms with E-state index in [0.29, 0.717) is 63.7 Å². The number of carbonyl (C=O) groups excluding carboxylic acids is 2. The quantitative estimate of drug-likeness (QED) is 0.267. The largest absolute Gasteiger partial charge is 0.506 e. The van der Waals surface area contributed by atoms with Crippen molar-refractivity contribution in [2.24, 2.45) is 0 Å². The van der Waals surface area contributed by atoms with E-state index < -0.39 is 0 Å². The van der Waals surface area contributed by atoms with Gasteiger partial charge < -0.3 is 25.4 Å². The second-order valence-corrected chi connectivity index (χ2v) is 10.3. The summed E-state index contributed by atoms with van der Waals surface area (Å²) in [5, 5.41) is 16.4. The molecule has 0 atom stereocenters. The highest BCUT2D eigenvalue weighted by Gasteiger charge is 2.25. The number of carbonyl (C=O) groups is 2. The first-order chi connectivity index (χ1) is 18.5. The van der Waals surface area contributed by atoms with Crippen molar-refractivity contribution in [1.29, 1.82) is 0 Å². The molecule has 0 spiro atoms. The summed E-state index contributed by atoms with van der Waals surface area (Å²) in [6.07, 6.45) is 8.61. The molecule has 7 nitrogen and oxygen atoms in total. The third-order valence-corrected chi connectivity index (χ3v) is 7.60. The zero-order valence-electron chi connectivity index (χ0n) is 22.1. The first-order valence-corrected chi connectivity index (χ1v) is 14.0. The molecule has 2 amide bonds. The molecule has 38 heavy (non-hydrogen) atoms. The van der Waals surface area contributed by atoms with Crippen molar-refractivity contribution < 1.29 is 23.8 Å².